The van der Waals surface area contributed by atoms with E-state index in [4.69, 9.17) is 0 Å². The largest absolute Gasteiger partial charge is 0.445 e. The van der Waals surface area contributed by atoms with Crippen molar-refractivity contribution >= 4 is 28.3 Å². The molecule has 23 heavy (non-hydrogen) atoms. The molecule has 0 atom stereocenters. The molecule has 0 bridgehead atoms. The molecule has 0 unspecified atom stereocenters. The van der Waals surface area contributed by atoms with E-state index in [-0.39, 0.29) is 28.9 Å². The van der Waals surface area contributed by atoms with E-state index in [1.807, 2.05) is 0 Å². The molecule has 1 aromatic rings. The van der Waals surface area contributed by atoms with Gasteiger partial charge in [-0.05, 0) is 18.8 Å². The Morgan fingerprint density at radius 2 is 1.83 bits per heavy atom. The normalized spacial score (nSPS) is 16.1. The topological polar surface area (TPSA) is 84.0 Å². The number of carbonyl (C=O) groups excluding carboxylic acids is 2. The highest BCUT2D eigenvalue weighted by Crippen LogP contribution is 2.32. The average Bonchev–Trinajstić information content (AvgIpc) is 2.95. The molecule has 0 saturated heterocycles. The van der Waals surface area contributed by atoms with Crippen LogP contribution in [0.3, 0.4) is 0 Å². The lowest BCUT2D eigenvalue weighted by Crippen LogP contribution is -2.34. The summed E-state index contributed by atoms with van der Waals surface area (Å²) in [5, 5.41) is 9.48. The fourth-order valence-electron chi connectivity index (χ4n) is 2.46. The van der Waals surface area contributed by atoms with Crippen LogP contribution in [-0.2, 0) is 15.8 Å². The molecule has 2 rings (SSSR count). The summed E-state index contributed by atoms with van der Waals surface area (Å²) in [4.78, 5) is 23.3. The Labute approximate surface area is 134 Å². The van der Waals surface area contributed by atoms with E-state index in [0.717, 1.165) is 25.7 Å². The number of carbonyl (C=O) groups is 2. The first kappa shape index (κ1) is 17.6. The fraction of sp³-hybridized carbons (Fsp3) is 0.692. The quantitative estimate of drug-likeness (QED) is 0.855. The molecule has 1 saturated carbocycles. The van der Waals surface area contributed by atoms with E-state index in [2.05, 4.69) is 20.8 Å². The van der Waals surface area contributed by atoms with Crippen LogP contribution in [0.4, 0.5) is 18.3 Å². The Hall–Kier alpha value is -1.71. The van der Waals surface area contributed by atoms with Crippen LogP contribution >= 0.6 is 11.3 Å². The molecule has 2 N–H and O–H groups in total. The number of halogens is 3. The molecule has 1 aliphatic carbocycles. The number of hydrogen-bond donors (Lipinski definition) is 2. The zero-order valence-electron chi connectivity index (χ0n) is 12.3. The predicted octanol–water partition coefficient (Wildman–Crippen LogP) is 2.58. The predicted molar refractivity (Wildman–Crippen MR) is 77.7 cm³/mol. The van der Waals surface area contributed by atoms with Gasteiger partial charge in [0, 0.05) is 6.42 Å². The third-order valence-electron chi connectivity index (χ3n) is 3.56. The fourth-order valence-corrected chi connectivity index (χ4v) is 3.08. The van der Waals surface area contributed by atoms with E-state index in [9.17, 15) is 22.8 Å². The highest BCUT2D eigenvalue weighted by molar-refractivity contribution is 7.15. The summed E-state index contributed by atoms with van der Waals surface area (Å²) in [7, 11) is 0. The van der Waals surface area contributed by atoms with Gasteiger partial charge in [-0.1, -0.05) is 30.6 Å². The third-order valence-corrected chi connectivity index (χ3v) is 4.44. The van der Waals surface area contributed by atoms with E-state index in [1.54, 1.807) is 0 Å². The second-order valence-electron chi connectivity index (χ2n) is 5.44. The minimum Gasteiger partial charge on any atom is -0.347 e. The van der Waals surface area contributed by atoms with Crippen LogP contribution in [-0.4, -0.2) is 28.6 Å². The summed E-state index contributed by atoms with van der Waals surface area (Å²) >= 11 is 0.239. The van der Waals surface area contributed by atoms with Gasteiger partial charge in [-0.25, -0.2) is 0 Å². The molecule has 128 valence electrons. The standard InChI is InChI=1S/C13H17F3N4O2S/c14-13(15,16)11-19-20-12(23-11)18-10(22)7-17-9(21)6-8-4-2-1-3-5-8/h8H,1-7H2,(H,17,21)(H,18,20,22). The van der Waals surface area contributed by atoms with Crippen molar-refractivity contribution in [3.63, 3.8) is 0 Å². The minimum atomic E-state index is -4.59. The molecule has 0 aromatic carbocycles. The minimum absolute atomic E-state index is 0.222. The molecular formula is C13H17F3N4O2S. The number of rotatable bonds is 5. The van der Waals surface area contributed by atoms with Gasteiger partial charge in [-0.15, -0.1) is 10.2 Å². The second kappa shape index (κ2) is 7.71. The highest BCUT2D eigenvalue weighted by Gasteiger charge is 2.35. The number of alkyl halides is 3. The van der Waals surface area contributed by atoms with Crippen molar-refractivity contribution < 1.29 is 22.8 Å². The molecule has 10 heteroatoms. The lowest BCUT2D eigenvalue weighted by atomic mass is 9.87. The summed E-state index contributed by atoms with van der Waals surface area (Å²) in [6.45, 7) is -0.299. The second-order valence-corrected chi connectivity index (χ2v) is 6.42. The van der Waals surface area contributed by atoms with Crippen molar-refractivity contribution in [3.05, 3.63) is 5.01 Å². The van der Waals surface area contributed by atoms with E-state index >= 15 is 0 Å². The van der Waals surface area contributed by atoms with Crippen molar-refractivity contribution in [1.29, 1.82) is 0 Å². The average molecular weight is 350 g/mol. The number of nitrogens with one attached hydrogen (secondary N) is 2. The maximum Gasteiger partial charge on any atom is 0.445 e. The zero-order valence-corrected chi connectivity index (χ0v) is 13.1. The highest BCUT2D eigenvalue weighted by atomic mass is 32.1. The monoisotopic (exact) mass is 350 g/mol. The Morgan fingerprint density at radius 3 is 2.43 bits per heavy atom. The lowest BCUT2D eigenvalue weighted by molar-refractivity contribution is -0.138. The number of hydrogen-bond acceptors (Lipinski definition) is 5. The Morgan fingerprint density at radius 1 is 1.13 bits per heavy atom. The van der Waals surface area contributed by atoms with Crippen molar-refractivity contribution in [2.24, 2.45) is 5.92 Å². The van der Waals surface area contributed by atoms with Gasteiger partial charge in [0.2, 0.25) is 22.0 Å². The Bertz CT molecular complexity index is 556. The summed E-state index contributed by atoms with van der Waals surface area (Å²) in [5.74, 6) is -0.503. The first-order valence-electron chi connectivity index (χ1n) is 7.32. The summed E-state index contributed by atoms with van der Waals surface area (Å²) in [6, 6.07) is 0. The molecule has 0 spiro atoms. The van der Waals surface area contributed by atoms with Gasteiger partial charge in [-0.2, -0.15) is 13.2 Å². The van der Waals surface area contributed by atoms with E-state index in [1.165, 1.54) is 6.42 Å². The van der Waals surface area contributed by atoms with Crippen molar-refractivity contribution in [2.45, 2.75) is 44.7 Å². The first-order chi connectivity index (χ1) is 10.8. The Kier molecular flexibility index (Phi) is 5.91. The van der Waals surface area contributed by atoms with Crippen LogP contribution in [0.2, 0.25) is 0 Å². The van der Waals surface area contributed by atoms with Gasteiger partial charge in [0.05, 0.1) is 6.54 Å². The number of amides is 2. The Balaban J connectivity index is 1.72. The SMILES string of the molecule is O=C(CC1CCCCC1)NCC(=O)Nc1nnc(C(F)(F)F)s1. The first-order valence-corrected chi connectivity index (χ1v) is 8.13. The third kappa shape index (κ3) is 5.77. The van der Waals surface area contributed by atoms with Crippen LogP contribution in [0, 0.1) is 5.92 Å². The molecule has 0 radical (unpaired) electrons. The van der Waals surface area contributed by atoms with Gasteiger partial charge in [0.15, 0.2) is 0 Å². The van der Waals surface area contributed by atoms with Gasteiger partial charge in [0.25, 0.3) is 0 Å². The van der Waals surface area contributed by atoms with Gasteiger partial charge in [0.1, 0.15) is 0 Å². The van der Waals surface area contributed by atoms with E-state index < -0.39 is 17.1 Å². The number of anilines is 1. The molecular weight excluding hydrogens is 333 g/mol. The number of aromatic nitrogens is 2. The molecule has 6 nitrogen and oxygen atoms in total. The van der Waals surface area contributed by atoms with Crippen LogP contribution in [0.25, 0.3) is 0 Å². The van der Waals surface area contributed by atoms with E-state index in [0.29, 0.717) is 12.3 Å². The molecule has 1 aromatic heterocycles. The summed E-state index contributed by atoms with van der Waals surface area (Å²) < 4.78 is 37.1. The van der Waals surface area contributed by atoms with Crippen molar-refractivity contribution in [2.75, 3.05) is 11.9 Å². The van der Waals surface area contributed by atoms with Gasteiger partial charge < -0.3 is 5.32 Å². The number of nitrogens with zero attached hydrogens (tertiary/aromatic N) is 2. The molecule has 1 heterocycles. The molecule has 1 aliphatic rings. The molecule has 0 aliphatic heterocycles. The summed E-state index contributed by atoms with van der Waals surface area (Å²) in [5.41, 5.74) is 0. The molecule has 2 amide bonds. The zero-order chi connectivity index (χ0) is 16.9. The smallest absolute Gasteiger partial charge is 0.347 e. The van der Waals surface area contributed by atoms with Gasteiger partial charge >= 0.3 is 6.18 Å². The summed E-state index contributed by atoms with van der Waals surface area (Å²) in [6.07, 6.45) is 1.27. The lowest BCUT2D eigenvalue weighted by Gasteiger charge is -2.20. The van der Waals surface area contributed by atoms with Crippen LogP contribution < -0.4 is 10.6 Å². The van der Waals surface area contributed by atoms with Crippen LogP contribution in [0.1, 0.15) is 43.5 Å². The maximum absolute atomic E-state index is 12.4. The molecule has 1 fully saturated rings. The maximum atomic E-state index is 12.4. The van der Waals surface area contributed by atoms with Gasteiger partial charge in [-0.3, -0.25) is 14.9 Å². The van der Waals surface area contributed by atoms with Crippen LogP contribution in [0.5, 0.6) is 0 Å². The van der Waals surface area contributed by atoms with Crippen molar-refractivity contribution in [1.82, 2.24) is 15.5 Å². The van der Waals surface area contributed by atoms with Crippen molar-refractivity contribution in [3.8, 4) is 0 Å². The van der Waals surface area contributed by atoms with Crippen LogP contribution in [0.15, 0.2) is 0 Å².